The highest BCUT2D eigenvalue weighted by Gasteiger charge is 2.34. The second-order valence-corrected chi connectivity index (χ2v) is 7.13. The molecule has 4 heteroatoms. The van der Waals surface area contributed by atoms with E-state index in [1.54, 1.807) is 0 Å². The van der Waals surface area contributed by atoms with Crippen molar-refractivity contribution in [3.05, 3.63) is 0 Å². The van der Waals surface area contributed by atoms with Crippen LogP contribution in [0.1, 0.15) is 51.4 Å². The maximum absolute atomic E-state index is 12.1. The van der Waals surface area contributed by atoms with Gasteiger partial charge in [0.15, 0.2) is 0 Å². The van der Waals surface area contributed by atoms with Crippen molar-refractivity contribution in [2.75, 3.05) is 19.6 Å². The highest BCUT2D eigenvalue weighted by atomic mass is 16.1. The summed E-state index contributed by atoms with van der Waals surface area (Å²) in [6.07, 6.45) is 9.03. The van der Waals surface area contributed by atoms with Gasteiger partial charge in [-0.15, -0.1) is 0 Å². The molecule has 1 saturated carbocycles. The van der Waals surface area contributed by atoms with Crippen LogP contribution in [-0.4, -0.2) is 42.5 Å². The summed E-state index contributed by atoms with van der Waals surface area (Å²) in [6, 6.07) is 0.830. The molecular formula is C16H29N3O. The second-order valence-electron chi connectivity index (χ2n) is 7.13. The third kappa shape index (κ3) is 3.53. The summed E-state index contributed by atoms with van der Waals surface area (Å²) in [5.41, 5.74) is 5.93. The van der Waals surface area contributed by atoms with Crippen molar-refractivity contribution in [3.63, 3.8) is 0 Å². The molecule has 4 rings (SSSR count). The molecule has 1 atom stereocenters. The molecule has 114 valence electrons. The smallest absolute Gasteiger partial charge is 0.220 e. The van der Waals surface area contributed by atoms with Crippen LogP contribution in [0.5, 0.6) is 0 Å². The standard InChI is InChI=1S/C16H29N3O/c17-14-4-1-12(2-5-14)3-6-16(20)18-15-11-19-9-7-13(15)8-10-19/h12-15H,1-11,17H2,(H,18,20). The van der Waals surface area contributed by atoms with Crippen LogP contribution in [0.3, 0.4) is 0 Å². The molecule has 3 saturated heterocycles. The second kappa shape index (κ2) is 6.44. The summed E-state index contributed by atoms with van der Waals surface area (Å²) in [6.45, 7) is 3.55. The van der Waals surface area contributed by atoms with Gasteiger partial charge in [-0.2, -0.15) is 0 Å². The molecule has 3 heterocycles. The Morgan fingerprint density at radius 2 is 1.80 bits per heavy atom. The molecule has 0 aromatic heterocycles. The first-order valence-corrected chi connectivity index (χ1v) is 8.48. The van der Waals surface area contributed by atoms with E-state index in [0.29, 0.717) is 18.5 Å². The number of carbonyl (C=O) groups excluding carboxylic acids is 1. The van der Waals surface area contributed by atoms with E-state index in [4.69, 9.17) is 5.73 Å². The van der Waals surface area contributed by atoms with Gasteiger partial charge in [0.25, 0.3) is 0 Å². The maximum Gasteiger partial charge on any atom is 0.220 e. The summed E-state index contributed by atoms with van der Waals surface area (Å²) >= 11 is 0. The van der Waals surface area contributed by atoms with E-state index >= 15 is 0 Å². The molecule has 3 N–H and O–H groups in total. The number of rotatable bonds is 4. The number of nitrogens with one attached hydrogen (secondary N) is 1. The fraction of sp³-hybridized carbons (Fsp3) is 0.938. The summed E-state index contributed by atoms with van der Waals surface area (Å²) in [7, 11) is 0. The van der Waals surface area contributed by atoms with E-state index in [2.05, 4.69) is 10.2 Å². The Morgan fingerprint density at radius 1 is 1.10 bits per heavy atom. The van der Waals surface area contributed by atoms with Gasteiger partial charge in [-0.3, -0.25) is 4.79 Å². The molecule has 2 bridgehead atoms. The minimum Gasteiger partial charge on any atom is -0.352 e. The van der Waals surface area contributed by atoms with Crippen molar-refractivity contribution in [2.24, 2.45) is 17.6 Å². The SMILES string of the molecule is NC1CCC(CCC(=O)NC2CN3CCC2CC3)CC1. The van der Waals surface area contributed by atoms with Gasteiger partial charge in [-0.25, -0.2) is 0 Å². The first-order chi connectivity index (χ1) is 9.70. The molecule has 4 fully saturated rings. The molecule has 3 aliphatic heterocycles. The van der Waals surface area contributed by atoms with Crippen LogP contribution >= 0.6 is 0 Å². The molecule has 0 aromatic carbocycles. The molecule has 0 spiro atoms. The van der Waals surface area contributed by atoms with Gasteiger partial charge in [0, 0.05) is 25.0 Å². The van der Waals surface area contributed by atoms with Crippen LogP contribution in [0, 0.1) is 11.8 Å². The Balaban J connectivity index is 1.37. The van der Waals surface area contributed by atoms with Crippen molar-refractivity contribution in [1.82, 2.24) is 10.2 Å². The van der Waals surface area contributed by atoms with Crippen LogP contribution in [0.25, 0.3) is 0 Å². The zero-order valence-electron chi connectivity index (χ0n) is 12.5. The number of hydrogen-bond donors (Lipinski definition) is 2. The quantitative estimate of drug-likeness (QED) is 0.820. The predicted molar refractivity (Wildman–Crippen MR) is 80.3 cm³/mol. The van der Waals surface area contributed by atoms with Gasteiger partial charge in [0.1, 0.15) is 0 Å². The summed E-state index contributed by atoms with van der Waals surface area (Å²) in [4.78, 5) is 14.6. The third-order valence-corrected chi connectivity index (χ3v) is 5.67. The molecule has 4 nitrogen and oxygen atoms in total. The molecule has 0 aromatic rings. The van der Waals surface area contributed by atoms with Crippen molar-refractivity contribution in [2.45, 2.75) is 63.5 Å². The minimum absolute atomic E-state index is 0.277. The molecular weight excluding hydrogens is 250 g/mol. The van der Waals surface area contributed by atoms with Gasteiger partial charge in [0.05, 0.1) is 0 Å². The summed E-state index contributed by atoms with van der Waals surface area (Å²) in [5.74, 6) is 1.74. The zero-order chi connectivity index (χ0) is 13.9. The maximum atomic E-state index is 12.1. The van der Waals surface area contributed by atoms with Crippen molar-refractivity contribution in [3.8, 4) is 0 Å². The van der Waals surface area contributed by atoms with Gasteiger partial charge in [-0.1, -0.05) is 0 Å². The van der Waals surface area contributed by atoms with Gasteiger partial charge in [-0.05, 0) is 69.9 Å². The summed E-state index contributed by atoms with van der Waals surface area (Å²) < 4.78 is 0. The largest absolute Gasteiger partial charge is 0.352 e. The molecule has 0 radical (unpaired) electrons. The lowest BCUT2D eigenvalue weighted by Gasteiger charge is -2.45. The number of nitrogens with zero attached hydrogens (tertiary/aromatic N) is 1. The van der Waals surface area contributed by atoms with Gasteiger partial charge >= 0.3 is 0 Å². The Morgan fingerprint density at radius 3 is 2.40 bits per heavy atom. The Bertz CT molecular complexity index is 331. The molecule has 4 aliphatic rings. The van der Waals surface area contributed by atoms with E-state index < -0.39 is 0 Å². The monoisotopic (exact) mass is 279 g/mol. The van der Waals surface area contributed by atoms with Crippen LogP contribution in [0.4, 0.5) is 0 Å². The van der Waals surface area contributed by atoms with Crippen molar-refractivity contribution < 1.29 is 4.79 Å². The number of amides is 1. The van der Waals surface area contributed by atoms with Crippen molar-refractivity contribution in [1.29, 1.82) is 0 Å². The van der Waals surface area contributed by atoms with E-state index in [-0.39, 0.29) is 5.91 Å². The lowest BCUT2D eigenvalue weighted by molar-refractivity contribution is -0.123. The summed E-state index contributed by atoms with van der Waals surface area (Å²) in [5, 5.41) is 3.29. The molecule has 1 unspecified atom stereocenters. The number of carbonyl (C=O) groups is 1. The van der Waals surface area contributed by atoms with E-state index in [1.807, 2.05) is 0 Å². The first-order valence-electron chi connectivity index (χ1n) is 8.48. The van der Waals surface area contributed by atoms with Crippen LogP contribution in [-0.2, 0) is 4.79 Å². The third-order valence-electron chi connectivity index (χ3n) is 5.67. The average Bonchev–Trinajstić information content (AvgIpc) is 2.48. The molecule has 1 aliphatic carbocycles. The minimum atomic E-state index is 0.277. The van der Waals surface area contributed by atoms with E-state index in [9.17, 15) is 4.79 Å². The first kappa shape index (κ1) is 14.3. The molecule has 1 amide bonds. The normalized spacial score (nSPS) is 40.5. The van der Waals surface area contributed by atoms with E-state index in [0.717, 1.165) is 37.6 Å². The fourth-order valence-corrected chi connectivity index (χ4v) is 4.22. The molecule has 20 heavy (non-hydrogen) atoms. The Hall–Kier alpha value is -0.610. The highest BCUT2D eigenvalue weighted by Crippen LogP contribution is 2.29. The average molecular weight is 279 g/mol. The van der Waals surface area contributed by atoms with E-state index in [1.165, 1.54) is 38.8 Å². The predicted octanol–water partition coefficient (Wildman–Crippen LogP) is 1.49. The van der Waals surface area contributed by atoms with Crippen molar-refractivity contribution >= 4 is 5.91 Å². The highest BCUT2D eigenvalue weighted by molar-refractivity contribution is 5.76. The zero-order valence-corrected chi connectivity index (χ0v) is 12.5. The van der Waals surface area contributed by atoms with Gasteiger partial charge < -0.3 is 16.0 Å². The fourth-order valence-electron chi connectivity index (χ4n) is 4.22. The lowest BCUT2D eigenvalue weighted by atomic mass is 9.83. The number of hydrogen-bond acceptors (Lipinski definition) is 3. The number of piperidine rings is 3. The topological polar surface area (TPSA) is 58.4 Å². The Labute approximate surface area is 122 Å². The van der Waals surface area contributed by atoms with Crippen LogP contribution in [0.2, 0.25) is 0 Å². The number of fused-ring (bicyclic) bond motifs is 3. The van der Waals surface area contributed by atoms with Gasteiger partial charge in [0.2, 0.25) is 5.91 Å². The van der Waals surface area contributed by atoms with Crippen LogP contribution < -0.4 is 11.1 Å². The van der Waals surface area contributed by atoms with Crippen LogP contribution in [0.15, 0.2) is 0 Å². The number of nitrogens with two attached hydrogens (primary N) is 1. The Kier molecular flexibility index (Phi) is 4.61. The lowest BCUT2D eigenvalue weighted by Crippen LogP contribution is -2.57.